The first-order chi connectivity index (χ1) is 21.3. The maximum atomic E-state index is 15.4. The first kappa shape index (κ1) is 31.6. The number of alkyl halides is 3. The van der Waals surface area contributed by atoms with Gasteiger partial charge in [-0.2, -0.15) is 26.7 Å². The predicted octanol–water partition coefficient (Wildman–Crippen LogP) is 5.40. The number of amides is 2. The number of rotatable bonds is 6. The number of carbonyl (C=O) groups is 2. The summed E-state index contributed by atoms with van der Waals surface area (Å²) in [7, 11) is -5.82. The first-order valence-corrected chi connectivity index (χ1v) is 16.0. The molecule has 3 atom stereocenters. The van der Waals surface area contributed by atoms with Crippen molar-refractivity contribution in [2.45, 2.75) is 56.0 Å². The van der Waals surface area contributed by atoms with Gasteiger partial charge >= 0.3 is 15.5 Å². The van der Waals surface area contributed by atoms with Gasteiger partial charge in [-0.15, -0.1) is 0 Å². The smallest absolute Gasteiger partial charge is 0.344 e. The minimum absolute atomic E-state index is 0. The minimum Gasteiger partial charge on any atom is -0.344 e. The molecular weight excluding hydrogens is 628 g/mol. The molecule has 4 aromatic rings. The number of fused-ring (bicyclic) bond motifs is 2. The number of nitrogens with zero attached hydrogens (tertiary/aromatic N) is 4. The maximum Gasteiger partial charge on any atom is 0.516 e. The summed E-state index contributed by atoms with van der Waals surface area (Å²) in [5, 5.41) is 4.61. The summed E-state index contributed by atoms with van der Waals surface area (Å²) >= 11 is 0. The third-order valence-electron chi connectivity index (χ3n) is 8.89. The summed E-state index contributed by atoms with van der Waals surface area (Å²) in [6, 6.07) is 15.5. The van der Waals surface area contributed by atoms with Gasteiger partial charge < -0.3 is 11.1 Å². The fraction of sp³-hybridized carbons (Fsp3) is 0.355. The number of benzene rings is 2. The lowest BCUT2D eigenvalue weighted by molar-refractivity contribution is -0.121. The third-order valence-corrected chi connectivity index (χ3v) is 9.97. The van der Waals surface area contributed by atoms with E-state index in [9.17, 15) is 31.2 Å². The van der Waals surface area contributed by atoms with Gasteiger partial charge in [0.25, 0.3) is 5.91 Å². The molecule has 2 aromatic heterocycles. The van der Waals surface area contributed by atoms with Gasteiger partial charge in [-0.05, 0) is 73.4 Å². The number of aromatic nitrogens is 3. The molecule has 2 amide bonds. The Morgan fingerprint density at radius 2 is 1.78 bits per heavy atom. The highest BCUT2D eigenvalue weighted by atomic mass is 32.2. The highest BCUT2D eigenvalue weighted by Crippen LogP contribution is 2.48. The maximum absolute atomic E-state index is 15.4. The van der Waals surface area contributed by atoms with Crippen LogP contribution in [0.15, 0.2) is 54.6 Å². The van der Waals surface area contributed by atoms with Crippen molar-refractivity contribution in [1.82, 2.24) is 30.4 Å². The number of hydrogen-bond donors (Lipinski definition) is 2. The van der Waals surface area contributed by atoms with Crippen LogP contribution in [-0.2, 0) is 21.2 Å². The largest absolute Gasteiger partial charge is 0.516 e. The standard InChI is InChI=1S/C31H27F4N5O4S.H3N/c1-16-20-5-3-2-4-17(20)10-11-39(16)30(42)26-14-27(18-6-7-18)40-28(36-26)15-25(37-40)21-9-8-19(12-24(21)32)22-13-23(22)29(41)38-45(43,44)31(33,34)35;/h2-5,8-9,12,14-16,18,22-23H,6-7,10-11,13H2,1H3,(H,38,41);1H3/t16-,22-,23+;/m1./s1. The highest BCUT2D eigenvalue weighted by Gasteiger charge is 2.51. The second-order valence-electron chi connectivity index (χ2n) is 11.9. The van der Waals surface area contributed by atoms with Crippen LogP contribution in [0.2, 0.25) is 0 Å². The summed E-state index contributed by atoms with van der Waals surface area (Å²) in [4.78, 5) is 32.3. The normalized spacial score (nSPS) is 21.0. The zero-order valence-corrected chi connectivity index (χ0v) is 25.4. The lowest BCUT2D eigenvalue weighted by Gasteiger charge is -2.35. The molecule has 3 heterocycles. The van der Waals surface area contributed by atoms with Crippen molar-refractivity contribution in [3.05, 3.63) is 88.5 Å². The van der Waals surface area contributed by atoms with Crippen LogP contribution < -0.4 is 10.9 Å². The molecule has 15 heteroatoms. The van der Waals surface area contributed by atoms with Crippen molar-refractivity contribution < 1.29 is 35.6 Å². The summed E-state index contributed by atoms with van der Waals surface area (Å²) in [6.45, 7) is 2.56. The van der Waals surface area contributed by atoms with E-state index < -0.39 is 39.1 Å². The van der Waals surface area contributed by atoms with Crippen LogP contribution in [-0.4, -0.2) is 51.8 Å². The molecule has 10 nitrogen and oxygen atoms in total. The lowest BCUT2D eigenvalue weighted by Crippen LogP contribution is -2.41. The van der Waals surface area contributed by atoms with Gasteiger partial charge in [0, 0.05) is 35.7 Å². The van der Waals surface area contributed by atoms with Crippen LogP contribution in [0.3, 0.4) is 0 Å². The second-order valence-corrected chi connectivity index (χ2v) is 13.5. The molecule has 0 spiro atoms. The SMILES string of the molecule is C[C@@H]1c2ccccc2CCN1C(=O)c1cc(C2CC2)n2nc(-c3ccc([C@H]4C[C@@H]4C(=O)NS(=O)(=O)C(F)(F)F)cc3F)cc2n1.N. The van der Waals surface area contributed by atoms with E-state index in [0.29, 0.717) is 23.4 Å². The number of nitrogens with one attached hydrogen (secondary N) is 1. The van der Waals surface area contributed by atoms with Crippen molar-refractivity contribution in [3.63, 3.8) is 0 Å². The number of halogens is 4. The van der Waals surface area contributed by atoms with Crippen molar-refractivity contribution >= 4 is 27.5 Å². The van der Waals surface area contributed by atoms with Crippen LogP contribution in [0.4, 0.5) is 17.6 Å². The number of sulfonamides is 1. The molecule has 4 N–H and O–H groups in total. The van der Waals surface area contributed by atoms with E-state index in [0.717, 1.165) is 35.2 Å². The molecule has 46 heavy (non-hydrogen) atoms. The van der Waals surface area contributed by atoms with Crippen LogP contribution >= 0.6 is 0 Å². The summed E-state index contributed by atoms with van der Waals surface area (Å²) in [5.41, 5.74) is -1.00. The van der Waals surface area contributed by atoms with Gasteiger partial charge in [0.15, 0.2) is 5.65 Å². The van der Waals surface area contributed by atoms with Gasteiger partial charge in [0.1, 0.15) is 11.5 Å². The molecule has 0 radical (unpaired) electrons. The van der Waals surface area contributed by atoms with Gasteiger partial charge in [0.05, 0.1) is 11.7 Å². The topological polar surface area (TPSA) is 149 Å². The first-order valence-electron chi connectivity index (χ1n) is 14.5. The van der Waals surface area contributed by atoms with Crippen LogP contribution in [0.1, 0.15) is 76.9 Å². The Bertz CT molecular complexity index is 1990. The van der Waals surface area contributed by atoms with Crippen molar-refractivity contribution in [3.8, 4) is 11.3 Å². The van der Waals surface area contributed by atoms with E-state index in [1.54, 1.807) is 22.7 Å². The molecule has 2 aromatic carbocycles. The second kappa shape index (κ2) is 11.2. The molecule has 2 saturated carbocycles. The van der Waals surface area contributed by atoms with Gasteiger partial charge in [-0.3, -0.25) is 9.59 Å². The van der Waals surface area contributed by atoms with E-state index in [2.05, 4.69) is 16.1 Å². The zero-order chi connectivity index (χ0) is 31.8. The predicted molar refractivity (Wildman–Crippen MR) is 159 cm³/mol. The van der Waals surface area contributed by atoms with E-state index in [-0.39, 0.29) is 41.7 Å². The fourth-order valence-corrected chi connectivity index (χ4v) is 6.73. The molecular formula is C31H30F4N6O4S. The molecule has 0 saturated heterocycles. The van der Waals surface area contributed by atoms with Gasteiger partial charge in [-0.1, -0.05) is 30.3 Å². The lowest BCUT2D eigenvalue weighted by atomic mass is 9.93. The van der Waals surface area contributed by atoms with Crippen molar-refractivity contribution in [2.24, 2.45) is 5.92 Å². The molecule has 242 valence electrons. The summed E-state index contributed by atoms with van der Waals surface area (Å²) in [6.07, 6.45) is 2.69. The zero-order valence-electron chi connectivity index (χ0n) is 24.6. The molecule has 3 aliphatic rings. The number of carbonyl (C=O) groups excluding carboxylic acids is 2. The molecule has 1 aliphatic heterocycles. The average molecular weight is 659 g/mol. The van der Waals surface area contributed by atoms with Crippen LogP contribution in [0.25, 0.3) is 16.9 Å². The van der Waals surface area contributed by atoms with E-state index >= 15 is 4.39 Å². The molecule has 2 fully saturated rings. The molecule has 7 rings (SSSR count). The van der Waals surface area contributed by atoms with Gasteiger partial charge in [0.2, 0.25) is 5.91 Å². The third kappa shape index (κ3) is 5.51. The highest BCUT2D eigenvalue weighted by molar-refractivity contribution is 7.90. The van der Waals surface area contributed by atoms with Crippen molar-refractivity contribution in [1.29, 1.82) is 0 Å². The van der Waals surface area contributed by atoms with E-state index in [1.807, 2.05) is 30.0 Å². The minimum atomic E-state index is -5.82. The summed E-state index contributed by atoms with van der Waals surface area (Å²) < 4.78 is 78.6. The Hall–Kier alpha value is -4.37. The summed E-state index contributed by atoms with van der Waals surface area (Å²) in [5.74, 6) is -3.60. The molecule has 2 aliphatic carbocycles. The Labute approximate surface area is 261 Å². The van der Waals surface area contributed by atoms with E-state index in [4.69, 9.17) is 0 Å². The monoisotopic (exact) mass is 658 g/mol. The fourth-order valence-electron chi connectivity index (χ4n) is 6.19. The quantitative estimate of drug-likeness (QED) is 0.264. The Morgan fingerprint density at radius 1 is 1.04 bits per heavy atom. The van der Waals surface area contributed by atoms with E-state index in [1.165, 1.54) is 17.7 Å². The van der Waals surface area contributed by atoms with Crippen molar-refractivity contribution in [2.75, 3.05) is 6.54 Å². The Morgan fingerprint density at radius 3 is 2.48 bits per heavy atom. The number of hydrogen-bond acceptors (Lipinski definition) is 7. The average Bonchev–Trinajstić information content (AvgIpc) is 3.92. The van der Waals surface area contributed by atoms with Crippen LogP contribution in [0.5, 0.6) is 0 Å². The molecule has 0 unspecified atom stereocenters. The van der Waals surface area contributed by atoms with Gasteiger partial charge in [-0.25, -0.2) is 18.6 Å². The Kier molecular flexibility index (Phi) is 7.67. The Balaban J connectivity index is 0.00000372. The van der Waals surface area contributed by atoms with Crippen LogP contribution in [0, 0.1) is 11.7 Å². The molecule has 0 bridgehead atoms.